The Hall–Kier alpha value is -3.06. The van der Waals surface area contributed by atoms with Crippen LogP contribution in [0.4, 0.5) is 0 Å². The molecule has 0 fully saturated rings. The summed E-state index contributed by atoms with van der Waals surface area (Å²) in [5.74, 6) is 1.44. The molecule has 0 radical (unpaired) electrons. The van der Waals surface area contributed by atoms with Gasteiger partial charge in [0.05, 0.1) is 19.8 Å². The second-order valence-electron chi connectivity index (χ2n) is 5.88. The van der Waals surface area contributed by atoms with Gasteiger partial charge in [0, 0.05) is 17.1 Å². The number of aromatic nitrogens is 2. The average Bonchev–Trinajstić information content (AvgIpc) is 3.19. The molecule has 0 N–H and O–H groups in total. The maximum Gasteiger partial charge on any atom is 0.258 e. The number of amides is 1. The zero-order valence-electron chi connectivity index (χ0n) is 15.8. The van der Waals surface area contributed by atoms with Gasteiger partial charge in [-0.15, -0.1) is 0 Å². The first-order valence-corrected chi connectivity index (χ1v) is 9.04. The quantitative estimate of drug-likeness (QED) is 0.593. The summed E-state index contributed by atoms with van der Waals surface area (Å²) in [6, 6.07) is 12.3. The molecule has 3 aromatic rings. The third kappa shape index (κ3) is 4.09. The molecular formula is C20H20ClN3O4. The lowest BCUT2D eigenvalue weighted by Gasteiger charge is -2.20. The molecule has 0 saturated carbocycles. The zero-order valence-corrected chi connectivity index (χ0v) is 16.6. The summed E-state index contributed by atoms with van der Waals surface area (Å²) < 4.78 is 16.0. The zero-order chi connectivity index (χ0) is 20.1. The van der Waals surface area contributed by atoms with Gasteiger partial charge in [-0.1, -0.05) is 22.8 Å². The summed E-state index contributed by atoms with van der Waals surface area (Å²) in [6.45, 7) is 2.51. The van der Waals surface area contributed by atoms with E-state index in [4.69, 9.17) is 25.6 Å². The van der Waals surface area contributed by atoms with Crippen LogP contribution in [-0.4, -0.2) is 41.7 Å². The molecule has 0 atom stereocenters. The number of benzene rings is 2. The summed E-state index contributed by atoms with van der Waals surface area (Å²) in [7, 11) is 3.03. The van der Waals surface area contributed by atoms with Crippen LogP contribution in [-0.2, 0) is 6.54 Å². The predicted octanol–water partition coefficient (Wildman–Crippen LogP) is 4.07. The lowest BCUT2D eigenvalue weighted by atomic mass is 10.1. The van der Waals surface area contributed by atoms with Gasteiger partial charge >= 0.3 is 0 Å². The van der Waals surface area contributed by atoms with Crippen LogP contribution in [0.2, 0.25) is 5.02 Å². The summed E-state index contributed by atoms with van der Waals surface area (Å²) in [6.07, 6.45) is 0. The summed E-state index contributed by atoms with van der Waals surface area (Å²) >= 11 is 5.90. The van der Waals surface area contributed by atoms with E-state index in [0.717, 1.165) is 5.56 Å². The standard InChI is InChI=1S/C20H20ClN3O4/c1-4-24(20(25)15-6-5-7-16(26-2)18(15)27-3)12-17-22-19(23-28-17)13-8-10-14(21)11-9-13/h5-11H,4,12H2,1-3H3. The molecule has 1 amide bonds. The molecule has 0 saturated heterocycles. The molecule has 7 nitrogen and oxygen atoms in total. The Kier molecular flexibility index (Phi) is 6.16. The highest BCUT2D eigenvalue weighted by Crippen LogP contribution is 2.31. The molecule has 28 heavy (non-hydrogen) atoms. The Balaban J connectivity index is 1.81. The number of nitrogens with zero attached hydrogens (tertiary/aromatic N) is 3. The van der Waals surface area contributed by atoms with Crippen molar-refractivity contribution in [2.75, 3.05) is 20.8 Å². The monoisotopic (exact) mass is 401 g/mol. The van der Waals surface area contributed by atoms with E-state index >= 15 is 0 Å². The smallest absolute Gasteiger partial charge is 0.258 e. The number of carbonyl (C=O) groups excluding carboxylic acids is 1. The van der Waals surface area contributed by atoms with Crippen LogP contribution in [0.1, 0.15) is 23.2 Å². The van der Waals surface area contributed by atoms with Gasteiger partial charge in [-0.3, -0.25) is 4.79 Å². The largest absolute Gasteiger partial charge is 0.493 e. The number of hydrogen-bond acceptors (Lipinski definition) is 6. The predicted molar refractivity (Wildman–Crippen MR) is 105 cm³/mol. The van der Waals surface area contributed by atoms with Gasteiger partial charge in [-0.25, -0.2) is 0 Å². The Morgan fingerprint density at radius 3 is 2.54 bits per heavy atom. The number of ether oxygens (including phenoxy) is 2. The van der Waals surface area contributed by atoms with Crippen LogP contribution in [0, 0.1) is 0 Å². The summed E-state index contributed by atoms with van der Waals surface area (Å²) in [5, 5.41) is 4.61. The number of carbonyl (C=O) groups is 1. The summed E-state index contributed by atoms with van der Waals surface area (Å²) in [5.41, 5.74) is 1.18. The molecule has 0 bridgehead atoms. The van der Waals surface area contributed by atoms with Crippen molar-refractivity contribution in [3.8, 4) is 22.9 Å². The van der Waals surface area contributed by atoms with Gasteiger partial charge in [0.15, 0.2) is 11.5 Å². The van der Waals surface area contributed by atoms with Crippen LogP contribution in [0.15, 0.2) is 47.0 Å². The fourth-order valence-corrected chi connectivity index (χ4v) is 2.88. The molecule has 146 valence electrons. The third-order valence-corrected chi connectivity index (χ3v) is 4.45. The molecule has 3 rings (SSSR count). The molecular weight excluding hydrogens is 382 g/mol. The van der Waals surface area contributed by atoms with Crippen LogP contribution in [0.25, 0.3) is 11.4 Å². The van der Waals surface area contributed by atoms with Gasteiger partial charge in [0.2, 0.25) is 11.7 Å². The topological polar surface area (TPSA) is 77.7 Å². The Labute approximate surface area is 167 Å². The van der Waals surface area contributed by atoms with Crippen molar-refractivity contribution in [3.05, 3.63) is 58.9 Å². The van der Waals surface area contributed by atoms with Crippen molar-refractivity contribution in [1.82, 2.24) is 15.0 Å². The first kappa shape index (κ1) is 19.7. The van der Waals surface area contributed by atoms with Gasteiger partial charge in [-0.05, 0) is 43.3 Å². The molecule has 0 spiro atoms. The van der Waals surface area contributed by atoms with Gasteiger partial charge in [-0.2, -0.15) is 4.98 Å². The third-order valence-electron chi connectivity index (χ3n) is 4.20. The van der Waals surface area contributed by atoms with Crippen molar-refractivity contribution in [3.63, 3.8) is 0 Å². The second kappa shape index (κ2) is 8.75. The molecule has 1 aromatic heterocycles. The first-order chi connectivity index (χ1) is 13.6. The molecule has 0 aliphatic carbocycles. The van der Waals surface area contributed by atoms with Crippen molar-refractivity contribution in [1.29, 1.82) is 0 Å². The van der Waals surface area contributed by atoms with Crippen molar-refractivity contribution in [2.45, 2.75) is 13.5 Å². The number of methoxy groups -OCH3 is 2. The molecule has 0 unspecified atom stereocenters. The fraction of sp³-hybridized carbons (Fsp3) is 0.250. The first-order valence-electron chi connectivity index (χ1n) is 8.66. The minimum atomic E-state index is -0.218. The maximum absolute atomic E-state index is 13.0. The lowest BCUT2D eigenvalue weighted by molar-refractivity contribution is 0.0730. The fourth-order valence-electron chi connectivity index (χ4n) is 2.75. The Morgan fingerprint density at radius 2 is 1.89 bits per heavy atom. The van der Waals surface area contributed by atoms with E-state index in [1.165, 1.54) is 14.2 Å². The van der Waals surface area contributed by atoms with E-state index in [1.807, 2.05) is 6.92 Å². The highest BCUT2D eigenvalue weighted by Gasteiger charge is 2.23. The van der Waals surface area contributed by atoms with Crippen molar-refractivity contribution < 1.29 is 18.8 Å². The van der Waals surface area contributed by atoms with E-state index in [2.05, 4.69) is 10.1 Å². The number of hydrogen-bond donors (Lipinski definition) is 0. The summed E-state index contributed by atoms with van der Waals surface area (Å²) in [4.78, 5) is 19.0. The SMILES string of the molecule is CCN(Cc1nc(-c2ccc(Cl)cc2)no1)C(=O)c1cccc(OC)c1OC. The van der Waals surface area contributed by atoms with E-state index in [-0.39, 0.29) is 12.5 Å². The van der Waals surface area contributed by atoms with E-state index < -0.39 is 0 Å². The van der Waals surface area contributed by atoms with Gasteiger partial charge < -0.3 is 18.9 Å². The highest BCUT2D eigenvalue weighted by atomic mass is 35.5. The average molecular weight is 402 g/mol. The van der Waals surface area contributed by atoms with Crippen LogP contribution >= 0.6 is 11.6 Å². The normalized spacial score (nSPS) is 10.6. The Morgan fingerprint density at radius 1 is 1.14 bits per heavy atom. The van der Waals surface area contributed by atoms with Crippen LogP contribution in [0.5, 0.6) is 11.5 Å². The van der Waals surface area contributed by atoms with Gasteiger partial charge in [0.25, 0.3) is 5.91 Å². The number of para-hydroxylation sites is 1. The maximum atomic E-state index is 13.0. The minimum absolute atomic E-state index is 0.177. The molecule has 8 heteroatoms. The van der Waals surface area contributed by atoms with E-state index in [1.54, 1.807) is 47.4 Å². The minimum Gasteiger partial charge on any atom is -0.493 e. The van der Waals surface area contributed by atoms with E-state index in [0.29, 0.717) is 40.3 Å². The molecule has 0 aliphatic rings. The van der Waals surface area contributed by atoms with Crippen LogP contribution in [0.3, 0.4) is 0 Å². The Bertz CT molecular complexity index is 956. The van der Waals surface area contributed by atoms with Crippen LogP contribution < -0.4 is 9.47 Å². The van der Waals surface area contributed by atoms with Crippen molar-refractivity contribution in [2.24, 2.45) is 0 Å². The van der Waals surface area contributed by atoms with E-state index in [9.17, 15) is 4.79 Å². The van der Waals surface area contributed by atoms with Gasteiger partial charge in [0.1, 0.15) is 6.54 Å². The molecule has 0 aliphatic heterocycles. The lowest BCUT2D eigenvalue weighted by Crippen LogP contribution is -2.30. The second-order valence-corrected chi connectivity index (χ2v) is 6.32. The van der Waals surface area contributed by atoms with Crippen molar-refractivity contribution >= 4 is 17.5 Å². The molecule has 2 aromatic carbocycles. The number of rotatable bonds is 7. The molecule has 1 heterocycles. The number of halogens is 1. The highest BCUT2D eigenvalue weighted by molar-refractivity contribution is 6.30.